The van der Waals surface area contributed by atoms with Crippen molar-refractivity contribution in [1.82, 2.24) is 0 Å². The molecule has 0 saturated heterocycles. The molecule has 1 N–H and O–H groups in total. The molecule has 116 valence electrons. The Bertz CT molecular complexity index is 625. The summed E-state index contributed by atoms with van der Waals surface area (Å²) < 4.78 is 5.83. The van der Waals surface area contributed by atoms with Gasteiger partial charge in [-0.05, 0) is 48.6 Å². The molecule has 0 bridgehead atoms. The van der Waals surface area contributed by atoms with E-state index in [4.69, 9.17) is 4.74 Å². The molecule has 0 aliphatic carbocycles. The quantitative estimate of drug-likeness (QED) is 0.919. The third kappa shape index (κ3) is 3.09. The molecule has 3 nitrogen and oxygen atoms in total. The molecular weight excluding hydrogens is 274 g/mol. The summed E-state index contributed by atoms with van der Waals surface area (Å²) in [5, 5.41) is 9.49. The van der Waals surface area contributed by atoms with E-state index in [-0.39, 0.29) is 6.61 Å². The fourth-order valence-corrected chi connectivity index (χ4v) is 3.20. The molecule has 3 rings (SSSR count). The molecule has 0 saturated carbocycles. The van der Waals surface area contributed by atoms with Crippen LogP contribution in [0.15, 0.2) is 42.5 Å². The van der Waals surface area contributed by atoms with Gasteiger partial charge in [-0.2, -0.15) is 0 Å². The Morgan fingerprint density at radius 1 is 1.14 bits per heavy atom. The second-order valence-electron chi connectivity index (χ2n) is 5.77. The number of rotatable bonds is 5. The molecule has 1 aliphatic rings. The normalized spacial score (nSPS) is 13.8. The van der Waals surface area contributed by atoms with E-state index >= 15 is 0 Å². The Kier molecular flexibility index (Phi) is 4.64. The second kappa shape index (κ2) is 6.84. The number of hydrogen-bond donors (Lipinski definition) is 1. The van der Waals surface area contributed by atoms with Crippen LogP contribution in [0.5, 0.6) is 5.75 Å². The lowest BCUT2D eigenvalue weighted by Gasteiger charge is -2.33. The molecule has 1 heterocycles. The number of anilines is 1. The van der Waals surface area contributed by atoms with Crippen molar-refractivity contribution in [2.75, 3.05) is 24.6 Å². The van der Waals surface area contributed by atoms with Gasteiger partial charge in [-0.1, -0.05) is 30.3 Å². The summed E-state index contributed by atoms with van der Waals surface area (Å²) in [4.78, 5) is 2.40. The number of para-hydroxylation sites is 1. The van der Waals surface area contributed by atoms with Gasteiger partial charge in [0.15, 0.2) is 0 Å². The van der Waals surface area contributed by atoms with Crippen LogP contribution in [-0.4, -0.2) is 24.8 Å². The smallest absolute Gasteiger partial charge is 0.119 e. The van der Waals surface area contributed by atoms with Gasteiger partial charge in [-0.3, -0.25) is 0 Å². The van der Waals surface area contributed by atoms with Crippen LogP contribution in [0.4, 0.5) is 5.69 Å². The first kappa shape index (κ1) is 14.9. The van der Waals surface area contributed by atoms with Crippen molar-refractivity contribution in [3.8, 4) is 5.75 Å². The number of hydrogen-bond acceptors (Lipinski definition) is 3. The van der Waals surface area contributed by atoms with Gasteiger partial charge in [0.1, 0.15) is 12.4 Å². The largest absolute Gasteiger partial charge is 0.492 e. The Labute approximate surface area is 132 Å². The van der Waals surface area contributed by atoms with E-state index in [1.165, 1.54) is 23.2 Å². The molecule has 0 spiro atoms. The lowest BCUT2D eigenvalue weighted by Crippen LogP contribution is -2.34. The van der Waals surface area contributed by atoms with E-state index in [9.17, 15) is 5.11 Å². The maximum Gasteiger partial charge on any atom is 0.119 e. The van der Waals surface area contributed by atoms with E-state index in [0.717, 1.165) is 30.8 Å². The minimum Gasteiger partial charge on any atom is -0.492 e. The second-order valence-corrected chi connectivity index (χ2v) is 5.77. The third-order valence-electron chi connectivity index (χ3n) is 4.36. The zero-order valence-corrected chi connectivity index (χ0v) is 13.1. The van der Waals surface area contributed by atoms with Crippen molar-refractivity contribution in [3.05, 3.63) is 59.2 Å². The summed E-state index contributed by atoms with van der Waals surface area (Å²) >= 11 is 0. The first-order valence-electron chi connectivity index (χ1n) is 7.94. The Morgan fingerprint density at radius 3 is 2.73 bits per heavy atom. The predicted molar refractivity (Wildman–Crippen MR) is 89.6 cm³/mol. The molecule has 2 aromatic rings. The lowest BCUT2D eigenvalue weighted by molar-refractivity contribution is 0.281. The van der Waals surface area contributed by atoms with Gasteiger partial charge in [-0.25, -0.2) is 0 Å². The number of ether oxygens (including phenoxy) is 1. The fourth-order valence-electron chi connectivity index (χ4n) is 3.20. The number of aliphatic hydroxyl groups is 1. The summed E-state index contributed by atoms with van der Waals surface area (Å²) in [6.07, 6.45) is 2.30. The van der Waals surface area contributed by atoms with Crippen LogP contribution in [0, 0.1) is 6.92 Å². The van der Waals surface area contributed by atoms with Crippen LogP contribution in [-0.2, 0) is 13.0 Å². The summed E-state index contributed by atoms with van der Waals surface area (Å²) in [5.41, 5.74) is 4.92. The maximum absolute atomic E-state index is 9.49. The van der Waals surface area contributed by atoms with Crippen LogP contribution < -0.4 is 9.64 Å². The van der Waals surface area contributed by atoms with E-state index in [1.807, 2.05) is 30.3 Å². The van der Waals surface area contributed by atoms with E-state index in [1.54, 1.807) is 0 Å². The zero-order chi connectivity index (χ0) is 15.4. The maximum atomic E-state index is 9.49. The molecule has 0 unspecified atom stereocenters. The van der Waals surface area contributed by atoms with Crippen molar-refractivity contribution >= 4 is 5.69 Å². The van der Waals surface area contributed by atoms with Crippen molar-refractivity contribution in [2.45, 2.75) is 26.4 Å². The average molecular weight is 297 g/mol. The highest BCUT2D eigenvalue weighted by Crippen LogP contribution is 2.32. The highest BCUT2D eigenvalue weighted by Gasteiger charge is 2.20. The zero-order valence-electron chi connectivity index (χ0n) is 13.1. The Morgan fingerprint density at radius 2 is 1.95 bits per heavy atom. The lowest BCUT2D eigenvalue weighted by atomic mass is 9.95. The minimum absolute atomic E-state index is 0.105. The van der Waals surface area contributed by atoms with Crippen molar-refractivity contribution in [1.29, 1.82) is 0 Å². The van der Waals surface area contributed by atoms with Gasteiger partial charge in [0.25, 0.3) is 0 Å². The van der Waals surface area contributed by atoms with Gasteiger partial charge in [0.2, 0.25) is 0 Å². The molecule has 0 fully saturated rings. The molecular formula is C19H23NO2. The molecule has 22 heavy (non-hydrogen) atoms. The van der Waals surface area contributed by atoms with Crippen LogP contribution in [0.2, 0.25) is 0 Å². The van der Waals surface area contributed by atoms with E-state index < -0.39 is 0 Å². The topological polar surface area (TPSA) is 32.7 Å². The highest BCUT2D eigenvalue weighted by atomic mass is 16.5. The summed E-state index contributed by atoms with van der Waals surface area (Å²) in [6.45, 7) is 4.82. The number of aryl methyl sites for hydroxylation is 1. The Hall–Kier alpha value is -2.00. The average Bonchev–Trinajstić information content (AvgIpc) is 2.56. The van der Waals surface area contributed by atoms with Crippen LogP contribution in [0.1, 0.15) is 23.1 Å². The summed E-state index contributed by atoms with van der Waals surface area (Å²) in [6, 6.07) is 14.2. The first-order valence-corrected chi connectivity index (χ1v) is 7.94. The first-order chi connectivity index (χ1) is 10.8. The van der Waals surface area contributed by atoms with Crippen molar-refractivity contribution in [2.24, 2.45) is 0 Å². The molecule has 0 aromatic heterocycles. The highest BCUT2D eigenvalue weighted by molar-refractivity contribution is 5.63. The summed E-state index contributed by atoms with van der Waals surface area (Å²) in [5.74, 6) is 0.917. The van der Waals surface area contributed by atoms with Gasteiger partial charge in [0.05, 0.1) is 13.2 Å². The molecule has 0 radical (unpaired) electrons. The van der Waals surface area contributed by atoms with Gasteiger partial charge < -0.3 is 14.7 Å². The third-order valence-corrected chi connectivity index (χ3v) is 4.36. The fraction of sp³-hybridized carbons (Fsp3) is 0.368. The number of fused-ring (bicyclic) bond motifs is 1. The van der Waals surface area contributed by atoms with Crippen molar-refractivity contribution in [3.63, 3.8) is 0 Å². The van der Waals surface area contributed by atoms with Gasteiger partial charge in [-0.15, -0.1) is 0 Å². The monoisotopic (exact) mass is 297 g/mol. The molecule has 0 amide bonds. The van der Waals surface area contributed by atoms with Crippen LogP contribution in [0.25, 0.3) is 0 Å². The molecule has 1 aliphatic heterocycles. The predicted octanol–water partition coefficient (Wildman–Crippen LogP) is 3.32. The summed E-state index contributed by atoms with van der Waals surface area (Å²) in [7, 11) is 0. The van der Waals surface area contributed by atoms with E-state index in [0.29, 0.717) is 6.61 Å². The number of benzene rings is 2. The molecule has 2 aromatic carbocycles. The molecule has 0 atom stereocenters. The van der Waals surface area contributed by atoms with Gasteiger partial charge in [0, 0.05) is 12.2 Å². The SMILES string of the molecule is Cc1c(CO)ccc2c1N(CCOc1ccccc1)CCC2. The Balaban J connectivity index is 1.71. The number of nitrogens with zero attached hydrogens (tertiary/aromatic N) is 1. The number of aliphatic hydroxyl groups excluding tert-OH is 1. The van der Waals surface area contributed by atoms with Crippen LogP contribution >= 0.6 is 0 Å². The van der Waals surface area contributed by atoms with Crippen LogP contribution in [0.3, 0.4) is 0 Å². The van der Waals surface area contributed by atoms with E-state index in [2.05, 4.69) is 24.0 Å². The standard InChI is InChI=1S/C19H23NO2/c1-15-17(14-21)10-9-16-6-5-11-20(19(15)16)12-13-22-18-7-3-2-4-8-18/h2-4,7-10,21H,5-6,11-14H2,1H3. The minimum atomic E-state index is 0.105. The van der Waals surface area contributed by atoms with Gasteiger partial charge >= 0.3 is 0 Å². The molecule has 3 heteroatoms. The van der Waals surface area contributed by atoms with Crippen molar-refractivity contribution < 1.29 is 9.84 Å².